The van der Waals surface area contributed by atoms with Crippen molar-refractivity contribution in [3.8, 4) is 0 Å². The molecular formula is C17H19ClN2O2S. The molecule has 6 heteroatoms. The summed E-state index contributed by atoms with van der Waals surface area (Å²) in [5, 5.41) is 3.68. The quantitative estimate of drug-likeness (QED) is 0.909. The minimum atomic E-state index is -0.101. The highest BCUT2D eigenvalue weighted by Crippen LogP contribution is 2.24. The first-order valence-electron chi connectivity index (χ1n) is 7.57. The molecule has 122 valence electrons. The molecule has 1 saturated heterocycles. The number of nitrogens with zero attached hydrogens (tertiary/aromatic N) is 1. The largest absolute Gasteiger partial charge is 0.370 e. The lowest BCUT2D eigenvalue weighted by Gasteiger charge is -2.33. The van der Waals surface area contributed by atoms with Gasteiger partial charge in [0.15, 0.2) is 0 Å². The fourth-order valence-corrected chi connectivity index (χ4v) is 3.52. The number of nitrogens with one attached hydrogen (secondary N) is 1. The van der Waals surface area contributed by atoms with E-state index in [1.165, 1.54) is 9.75 Å². The first kappa shape index (κ1) is 16.3. The van der Waals surface area contributed by atoms with Gasteiger partial charge in [0.25, 0.3) is 0 Å². The molecule has 1 unspecified atom stereocenters. The number of urea groups is 1. The summed E-state index contributed by atoms with van der Waals surface area (Å²) in [6, 6.07) is 11.7. The Balaban J connectivity index is 1.57. The first-order valence-corrected chi connectivity index (χ1v) is 8.76. The lowest BCUT2D eigenvalue weighted by atomic mass is 10.1. The second kappa shape index (κ2) is 7.34. The van der Waals surface area contributed by atoms with Crippen molar-refractivity contribution in [2.75, 3.05) is 19.7 Å². The van der Waals surface area contributed by atoms with Crippen molar-refractivity contribution < 1.29 is 9.53 Å². The molecule has 23 heavy (non-hydrogen) atoms. The predicted molar refractivity (Wildman–Crippen MR) is 93.0 cm³/mol. The predicted octanol–water partition coefficient (Wildman–Crippen LogP) is 3.99. The van der Waals surface area contributed by atoms with E-state index < -0.39 is 0 Å². The van der Waals surface area contributed by atoms with Gasteiger partial charge in [-0.3, -0.25) is 0 Å². The summed E-state index contributed by atoms with van der Waals surface area (Å²) < 4.78 is 5.79. The van der Waals surface area contributed by atoms with Crippen LogP contribution in [0, 0.1) is 6.92 Å². The number of carbonyl (C=O) groups excluding carboxylic acids is 1. The van der Waals surface area contributed by atoms with Crippen molar-refractivity contribution in [2.24, 2.45) is 0 Å². The number of carbonyl (C=O) groups is 1. The molecule has 2 heterocycles. The molecule has 2 aromatic rings. The average Bonchev–Trinajstić information content (AvgIpc) is 2.99. The van der Waals surface area contributed by atoms with Crippen LogP contribution in [-0.4, -0.2) is 30.6 Å². The van der Waals surface area contributed by atoms with E-state index >= 15 is 0 Å². The van der Waals surface area contributed by atoms with E-state index in [1.54, 1.807) is 11.3 Å². The van der Waals surface area contributed by atoms with Gasteiger partial charge in [-0.25, -0.2) is 4.79 Å². The van der Waals surface area contributed by atoms with Crippen molar-refractivity contribution in [3.63, 3.8) is 0 Å². The monoisotopic (exact) mass is 350 g/mol. The van der Waals surface area contributed by atoms with Crippen LogP contribution in [0.3, 0.4) is 0 Å². The Morgan fingerprint density at radius 1 is 1.35 bits per heavy atom. The van der Waals surface area contributed by atoms with Crippen molar-refractivity contribution in [1.29, 1.82) is 0 Å². The summed E-state index contributed by atoms with van der Waals surface area (Å²) in [6.07, 6.45) is -0.101. The molecule has 0 radical (unpaired) electrons. The van der Waals surface area contributed by atoms with E-state index in [4.69, 9.17) is 16.3 Å². The molecule has 0 spiro atoms. The van der Waals surface area contributed by atoms with Crippen LogP contribution >= 0.6 is 22.9 Å². The normalized spacial score (nSPS) is 18.0. The highest BCUT2D eigenvalue weighted by Gasteiger charge is 2.25. The van der Waals surface area contributed by atoms with Crippen molar-refractivity contribution >= 4 is 29.0 Å². The van der Waals surface area contributed by atoms with Crippen LogP contribution in [0.2, 0.25) is 5.02 Å². The highest BCUT2D eigenvalue weighted by molar-refractivity contribution is 7.11. The Hall–Kier alpha value is -1.56. The number of thiophene rings is 1. The fourth-order valence-electron chi connectivity index (χ4n) is 2.57. The summed E-state index contributed by atoms with van der Waals surface area (Å²) in [7, 11) is 0. The molecule has 3 rings (SSSR count). The van der Waals surface area contributed by atoms with Gasteiger partial charge >= 0.3 is 6.03 Å². The van der Waals surface area contributed by atoms with Crippen molar-refractivity contribution in [1.82, 2.24) is 10.2 Å². The molecule has 1 aliphatic rings. The van der Waals surface area contributed by atoms with E-state index in [1.807, 2.05) is 29.2 Å². The van der Waals surface area contributed by atoms with Gasteiger partial charge in [-0.05, 0) is 36.8 Å². The van der Waals surface area contributed by atoms with Gasteiger partial charge in [-0.1, -0.05) is 23.7 Å². The lowest BCUT2D eigenvalue weighted by Crippen LogP contribution is -2.46. The molecule has 4 nitrogen and oxygen atoms in total. The van der Waals surface area contributed by atoms with Crippen LogP contribution in [0.25, 0.3) is 0 Å². The standard InChI is InChI=1S/C17H19ClN2O2S/c1-12-2-7-15(23-12)10-19-17(21)20-8-9-22-16(11-20)13-3-5-14(18)6-4-13/h2-7,16H,8-11H2,1H3,(H,19,21). The van der Waals surface area contributed by atoms with Crippen molar-refractivity contribution in [3.05, 3.63) is 56.7 Å². The number of rotatable bonds is 3. The Morgan fingerprint density at radius 2 is 2.13 bits per heavy atom. The van der Waals surface area contributed by atoms with E-state index in [0.717, 1.165) is 5.56 Å². The molecule has 0 saturated carbocycles. The van der Waals surface area contributed by atoms with Crippen LogP contribution < -0.4 is 5.32 Å². The molecule has 0 aliphatic carbocycles. The Kier molecular flexibility index (Phi) is 5.20. The van der Waals surface area contributed by atoms with Gasteiger partial charge in [0.1, 0.15) is 6.10 Å². The highest BCUT2D eigenvalue weighted by atomic mass is 35.5. The van der Waals surface area contributed by atoms with Crippen molar-refractivity contribution in [2.45, 2.75) is 19.6 Å². The smallest absolute Gasteiger partial charge is 0.317 e. The summed E-state index contributed by atoms with van der Waals surface area (Å²) in [5.74, 6) is 0. The van der Waals surface area contributed by atoms with E-state index in [2.05, 4.69) is 24.4 Å². The van der Waals surface area contributed by atoms with Gasteiger partial charge in [0.05, 0.1) is 19.7 Å². The number of ether oxygens (including phenoxy) is 1. The molecule has 1 aromatic carbocycles. The number of hydrogen-bond acceptors (Lipinski definition) is 3. The first-order chi connectivity index (χ1) is 11.1. The third kappa shape index (κ3) is 4.25. The van der Waals surface area contributed by atoms with E-state index in [0.29, 0.717) is 31.3 Å². The van der Waals surface area contributed by atoms with Crippen LogP contribution in [0.5, 0.6) is 0 Å². The fraction of sp³-hybridized carbons (Fsp3) is 0.353. The summed E-state index contributed by atoms with van der Waals surface area (Å²) >= 11 is 7.62. The van der Waals surface area contributed by atoms with E-state index in [9.17, 15) is 4.79 Å². The molecular weight excluding hydrogens is 332 g/mol. The van der Waals surface area contributed by atoms with Gasteiger partial charge < -0.3 is 15.0 Å². The number of amides is 2. The van der Waals surface area contributed by atoms with Gasteiger partial charge in [0.2, 0.25) is 0 Å². The zero-order valence-electron chi connectivity index (χ0n) is 12.9. The van der Waals surface area contributed by atoms with Gasteiger partial charge in [-0.2, -0.15) is 0 Å². The minimum Gasteiger partial charge on any atom is -0.370 e. The minimum absolute atomic E-state index is 0.0432. The number of halogens is 1. The maximum Gasteiger partial charge on any atom is 0.317 e. The van der Waals surface area contributed by atoms with Crippen LogP contribution in [0.4, 0.5) is 4.79 Å². The third-order valence-electron chi connectivity index (χ3n) is 3.81. The van der Waals surface area contributed by atoms with Gasteiger partial charge in [-0.15, -0.1) is 11.3 Å². The van der Waals surface area contributed by atoms with Crippen LogP contribution in [-0.2, 0) is 11.3 Å². The molecule has 1 N–H and O–H groups in total. The lowest BCUT2D eigenvalue weighted by molar-refractivity contribution is -0.0154. The molecule has 0 bridgehead atoms. The Morgan fingerprint density at radius 3 is 2.83 bits per heavy atom. The van der Waals surface area contributed by atoms with Crippen LogP contribution in [0.1, 0.15) is 21.4 Å². The number of benzene rings is 1. The number of morpholine rings is 1. The summed E-state index contributed by atoms with van der Waals surface area (Å²) in [5.41, 5.74) is 1.04. The molecule has 2 amide bonds. The zero-order chi connectivity index (χ0) is 16.2. The SMILES string of the molecule is Cc1ccc(CNC(=O)N2CCOC(c3ccc(Cl)cc3)C2)s1. The molecule has 1 aliphatic heterocycles. The Bertz CT molecular complexity index is 671. The third-order valence-corrected chi connectivity index (χ3v) is 5.06. The Labute approximate surface area is 145 Å². The second-order valence-corrected chi connectivity index (χ2v) is 7.34. The zero-order valence-corrected chi connectivity index (χ0v) is 14.5. The molecule has 1 atom stereocenters. The number of hydrogen-bond donors (Lipinski definition) is 1. The second-order valence-electron chi connectivity index (χ2n) is 5.53. The summed E-state index contributed by atoms with van der Waals surface area (Å²) in [6.45, 7) is 4.34. The average molecular weight is 351 g/mol. The van der Waals surface area contributed by atoms with Crippen LogP contribution in [0.15, 0.2) is 36.4 Å². The maximum atomic E-state index is 12.4. The number of aryl methyl sites for hydroxylation is 1. The topological polar surface area (TPSA) is 41.6 Å². The maximum absolute atomic E-state index is 12.4. The van der Waals surface area contributed by atoms with E-state index in [-0.39, 0.29) is 12.1 Å². The molecule has 1 aromatic heterocycles. The summed E-state index contributed by atoms with van der Waals surface area (Å²) in [4.78, 5) is 16.6. The van der Waals surface area contributed by atoms with Gasteiger partial charge in [0, 0.05) is 21.3 Å². The molecule has 1 fully saturated rings.